The maximum Gasteiger partial charge on any atom is 0.160 e. The molecular formula is C17H14N4. The number of benzene rings is 2. The average molecular weight is 274 g/mol. The van der Waals surface area contributed by atoms with Gasteiger partial charge in [0.25, 0.3) is 0 Å². The van der Waals surface area contributed by atoms with Gasteiger partial charge in [0.2, 0.25) is 0 Å². The Morgan fingerprint density at radius 2 is 1.76 bits per heavy atom. The zero-order valence-corrected chi connectivity index (χ0v) is 11.4. The van der Waals surface area contributed by atoms with Gasteiger partial charge >= 0.3 is 0 Å². The second-order valence-electron chi connectivity index (χ2n) is 5.12. The van der Waals surface area contributed by atoms with Crippen molar-refractivity contribution in [3.05, 3.63) is 72.2 Å². The summed E-state index contributed by atoms with van der Waals surface area (Å²) in [5.41, 5.74) is 8.63. The molecule has 4 nitrogen and oxygen atoms in total. The van der Waals surface area contributed by atoms with Crippen LogP contribution in [0.3, 0.4) is 0 Å². The number of hydrogen-bond acceptors (Lipinski definition) is 3. The van der Waals surface area contributed by atoms with Crippen LogP contribution in [-0.2, 0) is 6.42 Å². The molecule has 2 N–H and O–H groups in total. The normalized spacial score (nSPS) is 11.2. The number of rotatable bonds is 2. The number of nitrogens with zero attached hydrogens (tertiary/aromatic N) is 3. The topological polar surface area (TPSA) is 56.2 Å². The van der Waals surface area contributed by atoms with E-state index in [0.29, 0.717) is 5.69 Å². The molecule has 2 heterocycles. The Labute approximate surface area is 121 Å². The first-order valence-electron chi connectivity index (χ1n) is 6.87. The van der Waals surface area contributed by atoms with E-state index in [2.05, 4.69) is 52.7 Å². The average Bonchev–Trinajstić information content (AvgIpc) is 2.90. The number of hydrogen-bond donors (Lipinski definition) is 1. The Morgan fingerprint density at radius 1 is 0.905 bits per heavy atom. The molecule has 0 saturated heterocycles. The van der Waals surface area contributed by atoms with E-state index in [9.17, 15) is 0 Å². The second-order valence-corrected chi connectivity index (χ2v) is 5.12. The molecule has 0 unspecified atom stereocenters. The van der Waals surface area contributed by atoms with Gasteiger partial charge in [-0.05, 0) is 28.5 Å². The van der Waals surface area contributed by atoms with Crippen molar-refractivity contribution in [1.29, 1.82) is 0 Å². The number of pyridine rings is 1. The van der Waals surface area contributed by atoms with Crippen molar-refractivity contribution in [2.24, 2.45) is 0 Å². The molecule has 0 aliphatic carbocycles. The summed E-state index contributed by atoms with van der Waals surface area (Å²) in [6.45, 7) is 0. The Bertz CT molecular complexity index is 934. The molecule has 21 heavy (non-hydrogen) atoms. The fraction of sp³-hybridized carbons (Fsp3) is 0.0588. The highest BCUT2D eigenvalue weighted by Crippen LogP contribution is 2.21. The van der Waals surface area contributed by atoms with Crippen LogP contribution in [-0.4, -0.2) is 14.6 Å². The first-order chi connectivity index (χ1) is 10.3. The van der Waals surface area contributed by atoms with Crippen LogP contribution in [0.1, 0.15) is 11.4 Å². The summed E-state index contributed by atoms with van der Waals surface area (Å²) < 4.78 is 1.96. The summed E-state index contributed by atoms with van der Waals surface area (Å²) in [7, 11) is 0. The van der Waals surface area contributed by atoms with Gasteiger partial charge in [-0.15, -0.1) is 10.2 Å². The Hall–Kier alpha value is -2.88. The molecule has 4 heteroatoms. The lowest BCUT2D eigenvalue weighted by atomic mass is 10.0. The van der Waals surface area contributed by atoms with E-state index in [1.807, 2.05) is 22.7 Å². The molecule has 0 radical (unpaired) electrons. The second kappa shape index (κ2) is 4.59. The van der Waals surface area contributed by atoms with E-state index in [-0.39, 0.29) is 0 Å². The summed E-state index contributed by atoms with van der Waals surface area (Å²) >= 11 is 0. The number of aromatic nitrogens is 3. The quantitative estimate of drug-likeness (QED) is 0.611. The molecule has 2 aromatic carbocycles. The third-order valence-corrected chi connectivity index (χ3v) is 3.72. The van der Waals surface area contributed by atoms with Crippen LogP contribution in [0.25, 0.3) is 16.4 Å². The first kappa shape index (κ1) is 11.9. The van der Waals surface area contributed by atoms with E-state index in [4.69, 9.17) is 5.73 Å². The molecule has 0 saturated carbocycles. The highest BCUT2D eigenvalue weighted by molar-refractivity contribution is 5.85. The summed E-state index contributed by atoms with van der Waals surface area (Å²) in [6, 6.07) is 18.4. The van der Waals surface area contributed by atoms with Gasteiger partial charge in [-0.25, -0.2) is 0 Å². The first-order valence-corrected chi connectivity index (χ1v) is 6.87. The minimum absolute atomic E-state index is 0.710. The van der Waals surface area contributed by atoms with Crippen LogP contribution in [0.15, 0.2) is 60.8 Å². The van der Waals surface area contributed by atoms with Crippen LogP contribution in [0, 0.1) is 0 Å². The predicted molar refractivity (Wildman–Crippen MR) is 84.2 cm³/mol. The maximum absolute atomic E-state index is 5.86. The Balaban J connectivity index is 1.85. The molecular weight excluding hydrogens is 260 g/mol. The van der Waals surface area contributed by atoms with Crippen molar-refractivity contribution in [3.8, 4) is 0 Å². The van der Waals surface area contributed by atoms with Crippen molar-refractivity contribution < 1.29 is 0 Å². The molecule has 102 valence electrons. The van der Waals surface area contributed by atoms with Crippen LogP contribution < -0.4 is 5.73 Å². The Morgan fingerprint density at radius 3 is 2.71 bits per heavy atom. The number of nitrogen functional groups attached to an aromatic ring is 1. The molecule has 0 aliphatic heterocycles. The van der Waals surface area contributed by atoms with Crippen molar-refractivity contribution in [1.82, 2.24) is 14.6 Å². The SMILES string of the molecule is Nc1ccc2nnc(Cc3cccc4ccccc34)n2c1. The van der Waals surface area contributed by atoms with E-state index in [1.165, 1.54) is 16.3 Å². The lowest BCUT2D eigenvalue weighted by Gasteiger charge is -2.06. The summed E-state index contributed by atoms with van der Waals surface area (Å²) in [5, 5.41) is 11.0. The van der Waals surface area contributed by atoms with Gasteiger partial charge in [0.1, 0.15) is 5.82 Å². The third-order valence-electron chi connectivity index (χ3n) is 3.72. The molecule has 4 aromatic rings. The van der Waals surface area contributed by atoms with Crippen molar-refractivity contribution in [3.63, 3.8) is 0 Å². The fourth-order valence-corrected chi connectivity index (χ4v) is 2.69. The number of nitrogens with two attached hydrogens (primary N) is 1. The van der Waals surface area contributed by atoms with Gasteiger partial charge in [-0.1, -0.05) is 42.5 Å². The zero-order chi connectivity index (χ0) is 14.2. The fourth-order valence-electron chi connectivity index (χ4n) is 2.69. The number of anilines is 1. The summed E-state index contributed by atoms with van der Waals surface area (Å²) in [6.07, 6.45) is 2.60. The standard InChI is InChI=1S/C17H14N4/c18-14-8-9-16-19-20-17(21(16)11-14)10-13-6-3-5-12-4-1-2-7-15(12)13/h1-9,11H,10,18H2. The molecule has 0 fully saturated rings. The summed E-state index contributed by atoms with van der Waals surface area (Å²) in [4.78, 5) is 0. The van der Waals surface area contributed by atoms with E-state index in [0.717, 1.165) is 17.9 Å². The van der Waals surface area contributed by atoms with Crippen molar-refractivity contribution >= 4 is 22.1 Å². The van der Waals surface area contributed by atoms with Crippen LogP contribution in [0.4, 0.5) is 5.69 Å². The van der Waals surface area contributed by atoms with Crippen molar-refractivity contribution in [2.45, 2.75) is 6.42 Å². The smallest absolute Gasteiger partial charge is 0.160 e. The highest BCUT2D eigenvalue weighted by atomic mass is 15.2. The van der Waals surface area contributed by atoms with E-state index in [1.54, 1.807) is 0 Å². The minimum atomic E-state index is 0.710. The highest BCUT2D eigenvalue weighted by Gasteiger charge is 2.08. The van der Waals surface area contributed by atoms with Gasteiger partial charge < -0.3 is 5.73 Å². The van der Waals surface area contributed by atoms with Crippen LogP contribution >= 0.6 is 0 Å². The van der Waals surface area contributed by atoms with E-state index >= 15 is 0 Å². The summed E-state index contributed by atoms with van der Waals surface area (Å²) in [5.74, 6) is 0.897. The van der Waals surface area contributed by atoms with Crippen LogP contribution in [0.5, 0.6) is 0 Å². The monoisotopic (exact) mass is 274 g/mol. The lowest BCUT2D eigenvalue weighted by Crippen LogP contribution is -1.98. The Kier molecular flexibility index (Phi) is 2.60. The van der Waals surface area contributed by atoms with E-state index < -0.39 is 0 Å². The van der Waals surface area contributed by atoms with Crippen LogP contribution in [0.2, 0.25) is 0 Å². The van der Waals surface area contributed by atoms with Gasteiger partial charge in [-0.2, -0.15) is 0 Å². The largest absolute Gasteiger partial charge is 0.398 e. The maximum atomic E-state index is 5.86. The van der Waals surface area contributed by atoms with Gasteiger partial charge in [0.05, 0.1) is 0 Å². The molecule has 0 atom stereocenters. The van der Waals surface area contributed by atoms with Gasteiger partial charge in [0, 0.05) is 18.3 Å². The predicted octanol–water partition coefficient (Wildman–Crippen LogP) is 3.06. The van der Waals surface area contributed by atoms with Gasteiger partial charge in [-0.3, -0.25) is 4.40 Å². The molecule has 4 rings (SSSR count). The number of fused-ring (bicyclic) bond motifs is 2. The molecule has 2 aromatic heterocycles. The molecule has 0 aliphatic rings. The zero-order valence-electron chi connectivity index (χ0n) is 11.4. The molecule has 0 spiro atoms. The van der Waals surface area contributed by atoms with Crippen molar-refractivity contribution in [2.75, 3.05) is 5.73 Å². The molecule has 0 amide bonds. The lowest BCUT2D eigenvalue weighted by molar-refractivity contribution is 0.940. The minimum Gasteiger partial charge on any atom is -0.398 e. The molecule has 0 bridgehead atoms. The third kappa shape index (κ3) is 2.01. The van der Waals surface area contributed by atoms with Gasteiger partial charge in [0.15, 0.2) is 5.65 Å².